The summed E-state index contributed by atoms with van der Waals surface area (Å²) in [4.78, 5) is 25.9. The Bertz CT molecular complexity index is 561. The summed E-state index contributed by atoms with van der Waals surface area (Å²) in [5.74, 6) is 0.300. The summed E-state index contributed by atoms with van der Waals surface area (Å²) < 4.78 is 1.98. The quantitative estimate of drug-likeness (QED) is 0.793. The summed E-state index contributed by atoms with van der Waals surface area (Å²) in [6.45, 7) is 8.20. The molecule has 0 aromatic carbocycles. The second-order valence-electron chi connectivity index (χ2n) is 7.05. The Labute approximate surface area is 143 Å². The number of rotatable bonds is 6. The predicted molar refractivity (Wildman–Crippen MR) is 92.1 cm³/mol. The number of hydrogen-bond acceptors (Lipinski definition) is 4. The van der Waals surface area contributed by atoms with Gasteiger partial charge in [0.15, 0.2) is 0 Å². The molecule has 2 heterocycles. The Balaban J connectivity index is 1.71. The van der Waals surface area contributed by atoms with Crippen molar-refractivity contribution in [1.82, 2.24) is 20.0 Å². The number of piperidine rings is 1. The van der Waals surface area contributed by atoms with Crippen LogP contribution in [0.1, 0.15) is 32.3 Å². The SMILES string of the molecule is Cc1cnn(CC2CCN(C(=O)CNC(=O)[C@@H](N)C(C)C)CC2)c1. The van der Waals surface area contributed by atoms with Crippen LogP contribution in [0.25, 0.3) is 0 Å². The monoisotopic (exact) mass is 335 g/mol. The third kappa shape index (κ3) is 5.06. The second-order valence-corrected chi connectivity index (χ2v) is 7.05. The normalized spacial score (nSPS) is 17.1. The second kappa shape index (κ2) is 8.28. The molecule has 0 unspecified atom stereocenters. The van der Waals surface area contributed by atoms with E-state index in [0.717, 1.165) is 38.0 Å². The molecule has 0 saturated carbocycles. The number of carbonyl (C=O) groups excluding carboxylic acids is 2. The first-order chi connectivity index (χ1) is 11.4. The first-order valence-electron chi connectivity index (χ1n) is 8.67. The van der Waals surface area contributed by atoms with Crippen LogP contribution in [0.3, 0.4) is 0 Å². The van der Waals surface area contributed by atoms with E-state index in [1.54, 1.807) is 0 Å². The molecule has 0 bridgehead atoms. The van der Waals surface area contributed by atoms with Gasteiger partial charge in [0.25, 0.3) is 0 Å². The molecule has 3 N–H and O–H groups in total. The first kappa shape index (κ1) is 18.4. The van der Waals surface area contributed by atoms with E-state index in [4.69, 9.17) is 5.73 Å². The molecule has 1 aliphatic heterocycles. The lowest BCUT2D eigenvalue weighted by Gasteiger charge is -2.32. The van der Waals surface area contributed by atoms with Gasteiger partial charge >= 0.3 is 0 Å². The average Bonchev–Trinajstić information content (AvgIpc) is 2.97. The summed E-state index contributed by atoms with van der Waals surface area (Å²) in [6, 6.07) is -0.568. The lowest BCUT2D eigenvalue weighted by atomic mass is 9.97. The van der Waals surface area contributed by atoms with Crippen LogP contribution >= 0.6 is 0 Å². The molecule has 134 valence electrons. The molecule has 24 heavy (non-hydrogen) atoms. The van der Waals surface area contributed by atoms with Crippen LogP contribution in [-0.2, 0) is 16.1 Å². The molecule has 1 aromatic rings. The lowest BCUT2D eigenvalue weighted by molar-refractivity contribution is -0.134. The molecule has 1 aliphatic rings. The Hall–Kier alpha value is -1.89. The number of aryl methyl sites for hydroxylation is 1. The average molecular weight is 335 g/mol. The highest BCUT2D eigenvalue weighted by molar-refractivity contribution is 5.87. The summed E-state index contributed by atoms with van der Waals surface area (Å²) >= 11 is 0. The minimum absolute atomic E-state index is 0.0300. The number of nitrogens with two attached hydrogens (primary N) is 1. The summed E-state index contributed by atoms with van der Waals surface area (Å²) in [5.41, 5.74) is 6.94. The molecule has 0 radical (unpaired) electrons. The molecular formula is C17H29N5O2. The van der Waals surface area contributed by atoms with Crippen molar-refractivity contribution in [3.63, 3.8) is 0 Å². The maximum absolute atomic E-state index is 12.2. The highest BCUT2D eigenvalue weighted by Crippen LogP contribution is 2.19. The van der Waals surface area contributed by atoms with Crippen molar-refractivity contribution in [2.45, 2.75) is 46.2 Å². The summed E-state index contributed by atoms with van der Waals surface area (Å²) in [7, 11) is 0. The van der Waals surface area contributed by atoms with Crippen LogP contribution in [0, 0.1) is 18.8 Å². The highest BCUT2D eigenvalue weighted by atomic mass is 16.2. The van der Waals surface area contributed by atoms with Crippen molar-refractivity contribution in [2.24, 2.45) is 17.6 Å². The smallest absolute Gasteiger partial charge is 0.241 e. The van der Waals surface area contributed by atoms with Gasteiger partial charge in [-0.1, -0.05) is 13.8 Å². The zero-order valence-electron chi connectivity index (χ0n) is 14.9. The fraction of sp³-hybridized carbons (Fsp3) is 0.706. The van der Waals surface area contributed by atoms with E-state index in [1.807, 2.05) is 42.7 Å². The Morgan fingerprint density at radius 3 is 2.58 bits per heavy atom. The molecule has 1 fully saturated rings. The van der Waals surface area contributed by atoms with Crippen LogP contribution in [0.4, 0.5) is 0 Å². The Morgan fingerprint density at radius 1 is 1.38 bits per heavy atom. The maximum Gasteiger partial charge on any atom is 0.241 e. The summed E-state index contributed by atoms with van der Waals surface area (Å²) in [6.07, 6.45) is 5.84. The number of aromatic nitrogens is 2. The van der Waals surface area contributed by atoms with Gasteiger partial charge in [-0.2, -0.15) is 5.10 Å². The zero-order chi connectivity index (χ0) is 17.7. The van der Waals surface area contributed by atoms with Gasteiger partial charge < -0.3 is 16.0 Å². The van der Waals surface area contributed by atoms with Crippen molar-refractivity contribution in [1.29, 1.82) is 0 Å². The standard InChI is InChI=1S/C17H29N5O2/c1-12(2)16(18)17(24)19-9-15(23)21-6-4-14(5-7-21)11-22-10-13(3)8-20-22/h8,10,12,14,16H,4-7,9,11,18H2,1-3H3,(H,19,24)/t16-/m0/s1. The zero-order valence-corrected chi connectivity index (χ0v) is 14.9. The Morgan fingerprint density at radius 2 is 2.04 bits per heavy atom. The first-order valence-corrected chi connectivity index (χ1v) is 8.67. The molecule has 1 atom stereocenters. The van der Waals surface area contributed by atoms with E-state index in [0.29, 0.717) is 5.92 Å². The Kier molecular flexibility index (Phi) is 6.36. The summed E-state index contributed by atoms with van der Waals surface area (Å²) in [5, 5.41) is 6.97. The van der Waals surface area contributed by atoms with Crippen molar-refractivity contribution in [3.05, 3.63) is 18.0 Å². The van der Waals surface area contributed by atoms with Crippen molar-refractivity contribution < 1.29 is 9.59 Å². The fourth-order valence-electron chi connectivity index (χ4n) is 2.89. The maximum atomic E-state index is 12.2. The molecule has 0 spiro atoms. The van der Waals surface area contributed by atoms with Crippen molar-refractivity contribution in [3.8, 4) is 0 Å². The third-order valence-electron chi connectivity index (χ3n) is 4.61. The van der Waals surface area contributed by atoms with Crippen LogP contribution < -0.4 is 11.1 Å². The number of carbonyl (C=O) groups is 2. The molecule has 1 aromatic heterocycles. The number of amides is 2. The molecule has 1 saturated heterocycles. The van der Waals surface area contributed by atoms with Gasteiger partial charge in [-0.05, 0) is 37.2 Å². The minimum atomic E-state index is -0.568. The van der Waals surface area contributed by atoms with Crippen molar-refractivity contribution in [2.75, 3.05) is 19.6 Å². The molecule has 7 nitrogen and oxygen atoms in total. The molecule has 7 heteroatoms. The molecule has 0 aliphatic carbocycles. The van der Waals surface area contributed by atoms with Gasteiger partial charge in [-0.3, -0.25) is 14.3 Å². The molecule has 2 rings (SSSR count). The van der Waals surface area contributed by atoms with Crippen LogP contribution in [0.2, 0.25) is 0 Å². The van der Waals surface area contributed by atoms with Gasteiger partial charge in [-0.15, -0.1) is 0 Å². The van der Waals surface area contributed by atoms with Gasteiger partial charge in [0, 0.05) is 25.8 Å². The molecular weight excluding hydrogens is 306 g/mol. The predicted octanol–water partition coefficient (Wildman–Crippen LogP) is 0.530. The third-order valence-corrected chi connectivity index (χ3v) is 4.61. The largest absolute Gasteiger partial charge is 0.346 e. The van der Waals surface area contributed by atoms with Crippen molar-refractivity contribution >= 4 is 11.8 Å². The lowest BCUT2D eigenvalue weighted by Crippen LogP contribution is -2.49. The van der Waals surface area contributed by atoms with Gasteiger partial charge in [0.05, 0.1) is 18.8 Å². The number of nitrogens with one attached hydrogen (secondary N) is 1. The number of hydrogen-bond donors (Lipinski definition) is 2. The van der Waals surface area contributed by atoms with E-state index in [1.165, 1.54) is 0 Å². The number of likely N-dealkylation sites (tertiary alicyclic amines) is 1. The van der Waals surface area contributed by atoms with E-state index in [-0.39, 0.29) is 24.3 Å². The van der Waals surface area contributed by atoms with Gasteiger partial charge in [0.1, 0.15) is 0 Å². The topological polar surface area (TPSA) is 93.2 Å². The van der Waals surface area contributed by atoms with Gasteiger partial charge in [0.2, 0.25) is 11.8 Å². The van der Waals surface area contributed by atoms with Gasteiger partial charge in [-0.25, -0.2) is 0 Å². The van der Waals surface area contributed by atoms with Crippen LogP contribution in [0.5, 0.6) is 0 Å². The van der Waals surface area contributed by atoms with E-state index in [2.05, 4.69) is 10.4 Å². The fourth-order valence-corrected chi connectivity index (χ4v) is 2.89. The number of nitrogens with zero attached hydrogens (tertiary/aromatic N) is 3. The van der Waals surface area contributed by atoms with E-state index < -0.39 is 6.04 Å². The highest BCUT2D eigenvalue weighted by Gasteiger charge is 2.24. The van der Waals surface area contributed by atoms with E-state index >= 15 is 0 Å². The molecule has 2 amide bonds. The minimum Gasteiger partial charge on any atom is -0.346 e. The van der Waals surface area contributed by atoms with E-state index in [9.17, 15) is 9.59 Å². The van der Waals surface area contributed by atoms with Crippen LogP contribution in [-0.4, -0.2) is 52.2 Å². The van der Waals surface area contributed by atoms with Crippen LogP contribution in [0.15, 0.2) is 12.4 Å².